The summed E-state index contributed by atoms with van der Waals surface area (Å²) in [5.41, 5.74) is 6.85. The number of hydrogen-bond acceptors (Lipinski definition) is 6. The Bertz CT molecular complexity index is 678. The fourth-order valence-electron chi connectivity index (χ4n) is 2.10. The molecule has 1 amide bonds. The van der Waals surface area contributed by atoms with Crippen molar-refractivity contribution < 1.29 is 14.3 Å². The van der Waals surface area contributed by atoms with Gasteiger partial charge in [0.2, 0.25) is 0 Å². The number of carbonyl (C=O) groups is 1. The lowest BCUT2D eigenvalue weighted by Gasteiger charge is -2.09. The molecule has 0 saturated carbocycles. The lowest BCUT2D eigenvalue weighted by Crippen LogP contribution is -2.23. The molecule has 1 aromatic carbocycles. The molecule has 0 spiro atoms. The topological polar surface area (TPSA) is 86.5 Å². The molecule has 0 atom stereocenters. The van der Waals surface area contributed by atoms with Crippen LogP contribution in [0, 0.1) is 0 Å². The number of thiazole rings is 1. The molecule has 0 aliphatic carbocycles. The molecular formula is C15H18ClN3O3S. The molecule has 0 saturated heterocycles. The Balaban J connectivity index is 0.00000192. The summed E-state index contributed by atoms with van der Waals surface area (Å²) in [5, 5.41) is 5.31. The Morgan fingerprint density at radius 1 is 1.30 bits per heavy atom. The molecule has 3 N–H and O–H groups in total. The zero-order chi connectivity index (χ0) is 15.4. The standard InChI is InChI=1S/C15H17N3O3S.ClH/c16-7-14-18-11(9-22-14)15(19)17-8-10-2-3-12-13(6-10)21-5-1-4-20-12;/h2-3,6,9H,1,4-5,7-8,16H2,(H,17,19);1H. The Morgan fingerprint density at radius 2 is 2.09 bits per heavy atom. The number of ether oxygens (including phenoxy) is 2. The number of amides is 1. The Kier molecular flexibility index (Phi) is 6.20. The van der Waals surface area contributed by atoms with E-state index in [9.17, 15) is 4.79 Å². The first-order chi connectivity index (χ1) is 10.8. The van der Waals surface area contributed by atoms with Crippen LogP contribution in [0.15, 0.2) is 23.6 Å². The van der Waals surface area contributed by atoms with Gasteiger partial charge in [0.05, 0.1) is 13.2 Å². The van der Waals surface area contributed by atoms with Crippen LogP contribution in [-0.2, 0) is 13.1 Å². The van der Waals surface area contributed by atoms with E-state index in [4.69, 9.17) is 15.2 Å². The van der Waals surface area contributed by atoms with Gasteiger partial charge in [-0.2, -0.15) is 0 Å². The van der Waals surface area contributed by atoms with Crippen molar-refractivity contribution in [2.24, 2.45) is 5.73 Å². The minimum atomic E-state index is -0.205. The van der Waals surface area contributed by atoms with E-state index in [0.717, 1.165) is 28.5 Å². The number of halogens is 1. The van der Waals surface area contributed by atoms with Gasteiger partial charge >= 0.3 is 0 Å². The van der Waals surface area contributed by atoms with Gasteiger partial charge in [-0.05, 0) is 17.7 Å². The number of rotatable bonds is 4. The molecule has 6 nitrogen and oxygen atoms in total. The van der Waals surface area contributed by atoms with E-state index in [0.29, 0.717) is 32.0 Å². The van der Waals surface area contributed by atoms with Gasteiger partial charge in [0.15, 0.2) is 11.5 Å². The molecule has 0 radical (unpaired) electrons. The predicted octanol–water partition coefficient (Wildman–Crippen LogP) is 2.11. The first kappa shape index (κ1) is 17.5. The number of hydrogen-bond donors (Lipinski definition) is 2. The summed E-state index contributed by atoms with van der Waals surface area (Å²) in [7, 11) is 0. The van der Waals surface area contributed by atoms with Gasteiger partial charge in [-0.3, -0.25) is 4.79 Å². The van der Waals surface area contributed by atoms with Crippen molar-refractivity contribution >= 4 is 29.7 Å². The van der Waals surface area contributed by atoms with Crippen LogP contribution in [0.2, 0.25) is 0 Å². The van der Waals surface area contributed by atoms with Crippen molar-refractivity contribution in [3.05, 3.63) is 39.8 Å². The average Bonchev–Trinajstić information content (AvgIpc) is 2.91. The number of aromatic nitrogens is 1. The summed E-state index contributed by atoms with van der Waals surface area (Å²) in [5.74, 6) is 1.27. The summed E-state index contributed by atoms with van der Waals surface area (Å²) in [4.78, 5) is 16.2. The number of carbonyl (C=O) groups excluding carboxylic acids is 1. The summed E-state index contributed by atoms with van der Waals surface area (Å²) in [6.07, 6.45) is 0.869. The van der Waals surface area contributed by atoms with Crippen LogP contribution in [0.1, 0.15) is 27.5 Å². The van der Waals surface area contributed by atoms with E-state index in [1.807, 2.05) is 18.2 Å². The van der Waals surface area contributed by atoms with Crippen molar-refractivity contribution in [1.29, 1.82) is 0 Å². The van der Waals surface area contributed by atoms with Gasteiger partial charge in [-0.1, -0.05) is 6.07 Å². The quantitative estimate of drug-likeness (QED) is 0.877. The van der Waals surface area contributed by atoms with Crippen molar-refractivity contribution in [3.63, 3.8) is 0 Å². The monoisotopic (exact) mass is 355 g/mol. The van der Waals surface area contributed by atoms with Crippen LogP contribution in [0.25, 0.3) is 0 Å². The van der Waals surface area contributed by atoms with Crippen molar-refractivity contribution in [2.45, 2.75) is 19.5 Å². The SMILES string of the molecule is Cl.NCc1nc(C(=O)NCc2ccc3c(c2)OCCCO3)cs1. The van der Waals surface area contributed by atoms with E-state index in [1.165, 1.54) is 11.3 Å². The molecule has 1 aliphatic heterocycles. The minimum Gasteiger partial charge on any atom is -0.490 e. The second-order valence-corrected chi connectivity index (χ2v) is 5.79. The largest absolute Gasteiger partial charge is 0.490 e. The second kappa shape index (κ2) is 8.14. The van der Waals surface area contributed by atoms with Crippen molar-refractivity contribution in [2.75, 3.05) is 13.2 Å². The lowest BCUT2D eigenvalue weighted by atomic mass is 10.2. The van der Waals surface area contributed by atoms with E-state index < -0.39 is 0 Å². The second-order valence-electron chi connectivity index (χ2n) is 4.84. The summed E-state index contributed by atoms with van der Waals surface area (Å²) in [6, 6.07) is 5.69. The summed E-state index contributed by atoms with van der Waals surface area (Å²) >= 11 is 1.39. The molecule has 1 aliphatic rings. The normalized spacial score (nSPS) is 12.9. The average molecular weight is 356 g/mol. The van der Waals surface area contributed by atoms with Crippen LogP contribution < -0.4 is 20.5 Å². The molecule has 2 aromatic rings. The molecule has 2 heterocycles. The lowest BCUT2D eigenvalue weighted by molar-refractivity contribution is 0.0946. The van der Waals surface area contributed by atoms with Crippen LogP contribution in [0.4, 0.5) is 0 Å². The zero-order valence-electron chi connectivity index (χ0n) is 12.4. The smallest absolute Gasteiger partial charge is 0.271 e. The Hall–Kier alpha value is -1.83. The molecule has 0 bridgehead atoms. The highest BCUT2D eigenvalue weighted by Crippen LogP contribution is 2.30. The molecule has 23 heavy (non-hydrogen) atoms. The molecule has 1 aromatic heterocycles. The molecular weight excluding hydrogens is 338 g/mol. The van der Waals surface area contributed by atoms with Gasteiger partial charge in [0.1, 0.15) is 10.7 Å². The van der Waals surface area contributed by atoms with Crippen molar-refractivity contribution in [3.8, 4) is 11.5 Å². The summed E-state index contributed by atoms with van der Waals surface area (Å²) in [6.45, 7) is 2.06. The number of benzene rings is 1. The van der Waals surface area contributed by atoms with Crippen LogP contribution in [0.5, 0.6) is 11.5 Å². The molecule has 3 rings (SSSR count). The van der Waals surface area contributed by atoms with E-state index in [2.05, 4.69) is 10.3 Å². The predicted molar refractivity (Wildman–Crippen MR) is 90.5 cm³/mol. The first-order valence-corrected chi connectivity index (χ1v) is 7.95. The highest BCUT2D eigenvalue weighted by Gasteiger charge is 2.13. The van der Waals surface area contributed by atoms with Crippen molar-refractivity contribution in [1.82, 2.24) is 10.3 Å². The summed E-state index contributed by atoms with van der Waals surface area (Å²) < 4.78 is 11.2. The van der Waals surface area contributed by atoms with Gasteiger partial charge in [-0.15, -0.1) is 23.7 Å². The fourth-order valence-corrected chi connectivity index (χ4v) is 2.75. The number of nitrogens with zero attached hydrogens (tertiary/aromatic N) is 1. The van der Waals surface area contributed by atoms with Gasteiger partial charge < -0.3 is 20.5 Å². The third-order valence-electron chi connectivity index (χ3n) is 3.22. The van der Waals surface area contributed by atoms with Crippen LogP contribution in [-0.4, -0.2) is 24.1 Å². The third kappa shape index (κ3) is 4.34. The number of nitrogens with two attached hydrogens (primary N) is 1. The maximum absolute atomic E-state index is 12.0. The molecule has 0 fully saturated rings. The number of nitrogens with one attached hydrogen (secondary N) is 1. The van der Waals surface area contributed by atoms with Gasteiger partial charge in [-0.25, -0.2) is 4.98 Å². The Labute approximate surface area is 144 Å². The molecule has 0 unspecified atom stereocenters. The molecule has 124 valence electrons. The Morgan fingerprint density at radius 3 is 2.83 bits per heavy atom. The van der Waals surface area contributed by atoms with E-state index in [-0.39, 0.29) is 18.3 Å². The van der Waals surface area contributed by atoms with E-state index in [1.54, 1.807) is 5.38 Å². The van der Waals surface area contributed by atoms with Gasteiger partial charge in [0.25, 0.3) is 5.91 Å². The minimum absolute atomic E-state index is 0. The highest BCUT2D eigenvalue weighted by atomic mass is 35.5. The van der Waals surface area contributed by atoms with Crippen LogP contribution >= 0.6 is 23.7 Å². The van der Waals surface area contributed by atoms with Gasteiger partial charge in [0, 0.05) is 24.9 Å². The first-order valence-electron chi connectivity index (χ1n) is 7.07. The maximum atomic E-state index is 12.0. The van der Waals surface area contributed by atoms with E-state index >= 15 is 0 Å². The highest BCUT2D eigenvalue weighted by molar-refractivity contribution is 7.09. The third-order valence-corrected chi connectivity index (χ3v) is 4.10. The maximum Gasteiger partial charge on any atom is 0.271 e. The fraction of sp³-hybridized carbons (Fsp3) is 0.333. The zero-order valence-corrected chi connectivity index (χ0v) is 14.0. The van der Waals surface area contributed by atoms with Crippen LogP contribution in [0.3, 0.4) is 0 Å². The number of fused-ring (bicyclic) bond motifs is 1. The molecule has 8 heteroatoms.